The second-order valence-corrected chi connectivity index (χ2v) is 6.22. The van der Waals surface area contributed by atoms with Gasteiger partial charge in [0.05, 0.1) is 5.52 Å². The van der Waals surface area contributed by atoms with Crippen molar-refractivity contribution < 1.29 is 4.79 Å². The SMILES string of the molecule is CC1CC(CN)CN1C(=O)CCc1ccnc2ccccc12. The van der Waals surface area contributed by atoms with E-state index in [1.54, 1.807) is 0 Å². The maximum Gasteiger partial charge on any atom is 0.223 e. The predicted octanol–water partition coefficient (Wildman–Crippen LogP) is 2.36. The summed E-state index contributed by atoms with van der Waals surface area (Å²) < 4.78 is 0. The third-order valence-electron chi connectivity index (χ3n) is 4.66. The summed E-state index contributed by atoms with van der Waals surface area (Å²) in [6.45, 7) is 3.60. The summed E-state index contributed by atoms with van der Waals surface area (Å²) in [6, 6.07) is 10.4. The Labute approximate surface area is 131 Å². The molecule has 0 bridgehead atoms. The van der Waals surface area contributed by atoms with Crippen molar-refractivity contribution in [2.75, 3.05) is 13.1 Å². The Morgan fingerprint density at radius 1 is 1.36 bits per heavy atom. The normalized spacial score (nSPS) is 21.5. The molecular weight excluding hydrogens is 274 g/mol. The highest BCUT2D eigenvalue weighted by molar-refractivity contribution is 5.83. The number of fused-ring (bicyclic) bond motifs is 1. The number of benzene rings is 1. The molecule has 3 rings (SSSR count). The van der Waals surface area contributed by atoms with E-state index in [0.717, 1.165) is 30.3 Å². The number of aromatic nitrogens is 1. The van der Waals surface area contributed by atoms with E-state index in [0.29, 0.717) is 24.9 Å². The van der Waals surface area contributed by atoms with Crippen molar-refractivity contribution in [1.82, 2.24) is 9.88 Å². The van der Waals surface area contributed by atoms with Crippen LogP contribution in [0.5, 0.6) is 0 Å². The van der Waals surface area contributed by atoms with Crippen LogP contribution in [0.4, 0.5) is 0 Å². The average Bonchev–Trinajstić information content (AvgIpc) is 2.93. The molecule has 1 aromatic heterocycles. The number of nitrogens with zero attached hydrogens (tertiary/aromatic N) is 2. The monoisotopic (exact) mass is 297 g/mol. The van der Waals surface area contributed by atoms with Gasteiger partial charge in [-0.2, -0.15) is 0 Å². The Morgan fingerprint density at radius 2 is 2.18 bits per heavy atom. The van der Waals surface area contributed by atoms with Crippen LogP contribution >= 0.6 is 0 Å². The molecule has 1 saturated heterocycles. The van der Waals surface area contributed by atoms with Crippen LogP contribution in [0.2, 0.25) is 0 Å². The Morgan fingerprint density at radius 3 is 2.95 bits per heavy atom. The summed E-state index contributed by atoms with van der Waals surface area (Å²) in [5, 5.41) is 1.15. The third kappa shape index (κ3) is 2.97. The molecule has 1 aliphatic rings. The van der Waals surface area contributed by atoms with Gasteiger partial charge in [0.15, 0.2) is 0 Å². The molecule has 0 spiro atoms. The van der Waals surface area contributed by atoms with Crippen LogP contribution in [0, 0.1) is 5.92 Å². The van der Waals surface area contributed by atoms with Crippen molar-refractivity contribution in [3.05, 3.63) is 42.1 Å². The molecule has 116 valence electrons. The number of aryl methyl sites for hydroxylation is 1. The second kappa shape index (κ2) is 6.44. The lowest BCUT2D eigenvalue weighted by Crippen LogP contribution is -2.34. The quantitative estimate of drug-likeness (QED) is 0.942. The van der Waals surface area contributed by atoms with Crippen LogP contribution in [0.1, 0.15) is 25.3 Å². The zero-order chi connectivity index (χ0) is 15.5. The van der Waals surface area contributed by atoms with Crippen molar-refractivity contribution in [2.24, 2.45) is 11.7 Å². The molecule has 0 saturated carbocycles. The molecule has 4 nitrogen and oxygen atoms in total. The molecule has 0 radical (unpaired) electrons. The Bertz CT molecular complexity index is 665. The number of para-hydroxylation sites is 1. The molecule has 2 unspecified atom stereocenters. The fourth-order valence-electron chi connectivity index (χ4n) is 3.42. The summed E-state index contributed by atoms with van der Waals surface area (Å²) in [5.41, 5.74) is 7.93. The van der Waals surface area contributed by atoms with E-state index in [2.05, 4.69) is 18.0 Å². The van der Waals surface area contributed by atoms with Crippen molar-refractivity contribution >= 4 is 16.8 Å². The minimum absolute atomic E-state index is 0.240. The first-order chi connectivity index (χ1) is 10.7. The smallest absolute Gasteiger partial charge is 0.223 e. The Balaban J connectivity index is 1.68. The molecule has 4 heteroatoms. The van der Waals surface area contributed by atoms with Crippen molar-refractivity contribution in [2.45, 2.75) is 32.2 Å². The van der Waals surface area contributed by atoms with Crippen LogP contribution < -0.4 is 5.73 Å². The molecule has 22 heavy (non-hydrogen) atoms. The van der Waals surface area contributed by atoms with E-state index >= 15 is 0 Å². The predicted molar refractivity (Wildman–Crippen MR) is 88.4 cm³/mol. The lowest BCUT2D eigenvalue weighted by atomic mass is 10.0. The first-order valence-corrected chi connectivity index (χ1v) is 8.01. The van der Waals surface area contributed by atoms with E-state index in [9.17, 15) is 4.79 Å². The van der Waals surface area contributed by atoms with Crippen LogP contribution in [-0.4, -0.2) is 34.9 Å². The maximum atomic E-state index is 12.5. The molecule has 1 amide bonds. The lowest BCUT2D eigenvalue weighted by molar-refractivity contribution is -0.131. The lowest BCUT2D eigenvalue weighted by Gasteiger charge is -2.21. The van der Waals surface area contributed by atoms with E-state index in [-0.39, 0.29) is 5.91 Å². The van der Waals surface area contributed by atoms with Gasteiger partial charge in [0.1, 0.15) is 0 Å². The summed E-state index contributed by atoms with van der Waals surface area (Å²) >= 11 is 0. The van der Waals surface area contributed by atoms with E-state index < -0.39 is 0 Å². The highest BCUT2D eigenvalue weighted by atomic mass is 16.2. The molecule has 0 aliphatic carbocycles. The first-order valence-electron chi connectivity index (χ1n) is 8.01. The Hall–Kier alpha value is -1.94. The molecular formula is C18H23N3O. The zero-order valence-electron chi connectivity index (χ0n) is 13.0. The number of nitrogens with two attached hydrogens (primary N) is 1. The van der Waals surface area contributed by atoms with Crippen molar-refractivity contribution in [3.63, 3.8) is 0 Å². The second-order valence-electron chi connectivity index (χ2n) is 6.22. The largest absolute Gasteiger partial charge is 0.340 e. The van der Waals surface area contributed by atoms with Gasteiger partial charge in [0.25, 0.3) is 0 Å². The number of pyridine rings is 1. The van der Waals surface area contributed by atoms with Gasteiger partial charge in [0.2, 0.25) is 5.91 Å². The maximum absolute atomic E-state index is 12.5. The average molecular weight is 297 g/mol. The number of carbonyl (C=O) groups is 1. The first kappa shape index (κ1) is 15.0. The standard InChI is InChI=1S/C18H23N3O/c1-13-10-14(11-19)12-21(13)18(22)7-6-15-8-9-20-17-5-3-2-4-16(15)17/h2-5,8-9,13-14H,6-7,10-12,19H2,1H3. The van der Waals surface area contributed by atoms with E-state index in [4.69, 9.17) is 5.73 Å². The van der Waals surface area contributed by atoms with Gasteiger partial charge in [0, 0.05) is 30.6 Å². The molecule has 1 aromatic carbocycles. The molecule has 1 fully saturated rings. The number of likely N-dealkylation sites (tertiary alicyclic amines) is 1. The molecule has 2 aromatic rings. The minimum Gasteiger partial charge on any atom is -0.340 e. The number of carbonyl (C=O) groups excluding carboxylic acids is 1. The van der Waals surface area contributed by atoms with Gasteiger partial charge in [-0.1, -0.05) is 18.2 Å². The summed E-state index contributed by atoms with van der Waals surface area (Å²) in [4.78, 5) is 18.9. The molecule has 1 aliphatic heterocycles. The highest BCUT2D eigenvalue weighted by Gasteiger charge is 2.31. The van der Waals surface area contributed by atoms with Gasteiger partial charge in [-0.05, 0) is 49.9 Å². The van der Waals surface area contributed by atoms with Crippen LogP contribution in [0.3, 0.4) is 0 Å². The third-order valence-corrected chi connectivity index (χ3v) is 4.66. The number of hydrogen-bond donors (Lipinski definition) is 1. The van der Waals surface area contributed by atoms with Gasteiger partial charge in [-0.15, -0.1) is 0 Å². The summed E-state index contributed by atoms with van der Waals surface area (Å²) in [7, 11) is 0. The van der Waals surface area contributed by atoms with Crippen molar-refractivity contribution in [1.29, 1.82) is 0 Å². The summed E-state index contributed by atoms with van der Waals surface area (Å²) in [5.74, 6) is 0.699. The van der Waals surface area contributed by atoms with Crippen molar-refractivity contribution in [3.8, 4) is 0 Å². The molecule has 2 heterocycles. The van der Waals surface area contributed by atoms with Gasteiger partial charge < -0.3 is 10.6 Å². The molecule has 2 atom stereocenters. The number of rotatable bonds is 4. The zero-order valence-corrected chi connectivity index (χ0v) is 13.0. The van der Waals surface area contributed by atoms with Gasteiger partial charge in [-0.25, -0.2) is 0 Å². The van der Waals surface area contributed by atoms with Crippen LogP contribution in [0.15, 0.2) is 36.5 Å². The minimum atomic E-state index is 0.240. The number of hydrogen-bond acceptors (Lipinski definition) is 3. The van der Waals surface area contributed by atoms with Crippen LogP contribution in [-0.2, 0) is 11.2 Å². The fourth-order valence-corrected chi connectivity index (χ4v) is 3.42. The van der Waals surface area contributed by atoms with E-state index in [1.165, 1.54) is 5.56 Å². The van der Waals surface area contributed by atoms with Crippen LogP contribution in [0.25, 0.3) is 10.9 Å². The summed E-state index contributed by atoms with van der Waals surface area (Å²) in [6.07, 6.45) is 4.17. The topological polar surface area (TPSA) is 59.2 Å². The number of amides is 1. The van der Waals surface area contributed by atoms with E-state index in [1.807, 2.05) is 35.4 Å². The van der Waals surface area contributed by atoms with Gasteiger partial charge in [-0.3, -0.25) is 9.78 Å². The fraction of sp³-hybridized carbons (Fsp3) is 0.444. The van der Waals surface area contributed by atoms with Gasteiger partial charge >= 0.3 is 0 Å². The highest BCUT2D eigenvalue weighted by Crippen LogP contribution is 2.24. The Kier molecular flexibility index (Phi) is 4.39. The molecule has 2 N–H and O–H groups in total.